The van der Waals surface area contributed by atoms with Crippen LogP contribution >= 0.6 is 11.6 Å². The fraction of sp³-hybridized carbons (Fsp3) is 0.125. The molecule has 5 nitrogen and oxygen atoms in total. The van der Waals surface area contributed by atoms with E-state index in [0.29, 0.717) is 5.75 Å². The van der Waals surface area contributed by atoms with Crippen LogP contribution in [0.2, 0.25) is 0 Å². The lowest BCUT2D eigenvalue weighted by molar-refractivity contribution is -0.147. The number of ether oxygens (including phenoxy) is 2. The Morgan fingerprint density at radius 2 is 1.87 bits per heavy atom. The molecule has 7 heteroatoms. The molecule has 0 fully saturated rings. The van der Waals surface area contributed by atoms with Gasteiger partial charge in [0.1, 0.15) is 11.5 Å². The molecule has 0 saturated carbocycles. The second-order valence-corrected chi connectivity index (χ2v) is 5.38. The van der Waals surface area contributed by atoms with Crippen molar-refractivity contribution in [3.8, 4) is 23.3 Å². The topological polar surface area (TPSA) is 79.5 Å². The molecular weight excluding hydrogens is 325 g/mol. The van der Waals surface area contributed by atoms with Gasteiger partial charge in [0.05, 0.1) is 11.6 Å². The van der Waals surface area contributed by atoms with Crippen molar-refractivity contribution < 1.29 is 23.8 Å². The average molecular weight is 336 g/mol. The van der Waals surface area contributed by atoms with Crippen molar-refractivity contribution in [1.29, 1.82) is 5.26 Å². The zero-order valence-electron chi connectivity index (χ0n) is 11.9. The van der Waals surface area contributed by atoms with Crippen molar-refractivity contribution in [3.63, 3.8) is 0 Å². The largest absolute Gasteiger partial charge is 0.477 e. The molecule has 2 aromatic rings. The molecule has 0 radical (unpaired) electrons. The fourth-order valence-electron chi connectivity index (χ4n) is 1.62. The minimum atomic E-state index is -1.89. The minimum Gasteiger partial charge on any atom is -0.477 e. The summed E-state index contributed by atoms with van der Waals surface area (Å²) in [5, 5.41) is 15.7. The van der Waals surface area contributed by atoms with Crippen LogP contribution < -0.4 is 9.47 Å². The van der Waals surface area contributed by atoms with Gasteiger partial charge in [0.25, 0.3) is 5.06 Å². The van der Waals surface area contributed by atoms with Crippen LogP contribution in [0, 0.1) is 17.1 Å². The molecule has 0 amide bonds. The lowest BCUT2D eigenvalue weighted by Gasteiger charge is -2.19. The van der Waals surface area contributed by atoms with Crippen LogP contribution in [0.4, 0.5) is 4.39 Å². The van der Waals surface area contributed by atoms with Crippen LogP contribution in [0.5, 0.6) is 17.2 Å². The van der Waals surface area contributed by atoms with Gasteiger partial charge in [-0.05, 0) is 42.5 Å². The number of benzene rings is 2. The maximum absolute atomic E-state index is 13.7. The van der Waals surface area contributed by atoms with E-state index in [2.05, 4.69) is 0 Å². The van der Waals surface area contributed by atoms with Gasteiger partial charge >= 0.3 is 5.97 Å². The van der Waals surface area contributed by atoms with E-state index >= 15 is 0 Å². The molecule has 1 N–H and O–H groups in total. The van der Waals surface area contributed by atoms with Crippen LogP contribution in [-0.2, 0) is 4.79 Å². The number of alkyl halides is 1. The van der Waals surface area contributed by atoms with Gasteiger partial charge in [-0.2, -0.15) is 5.26 Å². The number of aliphatic carboxylic acids is 1. The van der Waals surface area contributed by atoms with E-state index in [-0.39, 0.29) is 17.1 Å². The van der Waals surface area contributed by atoms with Gasteiger partial charge in [-0.15, -0.1) is 0 Å². The highest BCUT2D eigenvalue weighted by atomic mass is 35.5. The van der Waals surface area contributed by atoms with Crippen LogP contribution in [0.15, 0.2) is 42.5 Å². The van der Waals surface area contributed by atoms with Gasteiger partial charge in [-0.25, -0.2) is 9.18 Å². The predicted molar refractivity (Wildman–Crippen MR) is 80.2 cm³/mol. The smallest absolute Gasteiger partial charge is 0.363 e. The number of carbonyl (C=O) groups is 1. The molecule has 1 unspecified atom stereocenters. The molecule has 0 aliphatic rings. The van der Waals surface area contributed by atoms with Gasteiger partial charge in [-0.3, -0.25) is 0 Å². The highest BCUT2D eigenvalue weighted by Crippen LogP contribution is 2.28. The van der Waals surface area contributed by atoms with E-state index in [4.69, 9.17) is 31.4 Å². The quantitative estimate of drug-likeness (QED) is 0.838. The zero-order valence-corrected chi connectivity index (χ0v) is 12.7. The van der Waals surface area contributed by atoms with E-state index in [1.54, 1.807) is 0 Å². The van der Waals surface area contributed by atoms with Gasteiger partial charge < -0.3 is 14.6 Å². The SMILES string of the molecule is CC(Cl)(Oc1ccc(Oc2ccc(C#N)cc2F)cc1)C(=O)O. The first-order valence-electron chi connectivity index (χ1n) is 6.41. The number of nitriles is 1. The summed E-state index contributed by atoms with van der Waals surface area (Å²) in [6.07, 6.45) is 0. The van der Waals surface area contributed by atoms with Crippen molar-refractivity contribution in [2.45, 2.75) is 12.0 Å². The number of hydrogen-bond donors (Lipinski definition) is 1. The van der Waals surface area contributed by atoms with E-state index in [1.807, 2.05) is 6.07 Å². The van der Waals surface area contributed by atoms with Gasteiger partial charge in [-0.1, -0.05) is 11.6 Å². The molecule has 2 rings (SSSR count). The van der Waals surface area contributed by atoms with Gasteiger partial charge in [0, 0.05) is 6.92 Å². The van der Waals surface area contributed by atoms with Crippen molar-refractivity contribution in [3.05, 3.63) is 53.8 Å². The van der Waals surface area contributed by atoms with E-state index < -0.39 is 16.8 Å². The van der Waals surface area contributed by atoms with Crippen LogP contribution in [0.1, 0.15) is 12.5 Å². The summed E-state index contributed by atoms with van der Waals surface area (Å²) in [6, 6.07) is 11.5. The zero-order chi connectivity index (χ0) is 17.0. The monoisotopic (exact) mass is 335 g/mol. The second-order valence-electron chi connectivity index (χ2n) is 4.65. The number of hydrogen-bond acceptors (Lipinski definition) is 4. The van der Waals surface area contributed by atoms with Gasteiger partial charge in [0.2, 0.25) is 0 Å². The maximum Gasteiger partial charge on any atom is 0.363 e. The third kappa shape index (κ3) is 4.11. The number of carboxylic acid groups (broad SMARTS) is 1. The molecule has 2 aromatic carbocycles. The standard InChI is InChI=1S/C16H11ClFNO4/c1-16(17,15(20)21)23-12-5-3-11(4-6-12)22-14-7-2-10(9-19)8-13(14)18/h2-8H,1H3,(H,20,21). The third-order valence-electron chi connectivity index (χ3n) is 2.80. The normalized spacial score (nSPS) is 12.8. The summed E-state index contributed by atoms with van der Waals surface area (Å²) >= 11 is 5.70. The van der Waals surface area contributed by atoms with Crippen molar-refractivity contribution in [2.75, 3.05) is 0 Å². The number of carboxylic acids is 1. The number of rotatable bonds is 5. The molecule has 0 saturated heterocycles. The first kappa shape index (κ1) is 16.6. The van der Waals surface area contributed by atoms with Crippen molar-refractivity contribution in [1.82, 2.24) is 0 Å². The van der Waals surface area contributed by atoms with Crippen molar-refractivity contribution >= 4 is 17.6 Å². The molecule has 0 spiro atoms. The van der Waals surface area contributed by atoms with E-state index in [1.165, 1.54) is 43.3 Å². The summed E-state index contributed by atoms with van der Waals surface area (Å²) in [5.41, 5.74) is 0.189. The fourth-order valence-corrected chi connectivity index (χ4v) is 1.71. The Hall–Kier alpha value is -2.78. The molecule has 0 heterocycles. The second kappa shape index (κ2) is 6.55. The van der Waals surface area contributed by atoms with E-state index in [0.717, 1.165) is 6.07 Å². The van der Waals surface area contributed by atoms with E-state index in [9.17, 15) is 9.18 Å². The number of halogens is 2. The lowest BCUT2D eigenvalue weighted by Crippen LogP contribution is -2.35. The van der Waals surface area contributed by atoms with Gasteiger partial charge in [0.15, 0.2) is 11.6 Å². The minimum absolute atomic E-state index is 0.0367. The predicted octanol–water partition coefficient (Wildman–Crippen LogP) is 3.91. The average Bonchev–Trinajstić information content (AvgIpc) is 2.50. The number of nitrogens with zero attached hydrogens (tertiary/aromatic N) is 1. The summed E-state index contributed by atoms with van der Waals surface area (Å²) in [7, 11) is 0. The Morgan fingerprint density at radius 1 is 1.26 bits per heavy atom. The first-order valence-corrected chi connectivity index (χ1v) is 6.78. The molecule has 118 valence electrons. The van der Waals surface area contributed by atoms with Crippen LogP contribution in [0.3, 0.4) is 0 Å². The Morgan fingerprint density at radius 3 is 2.39 bits per heavy atom. The summed E-state index contributed by atoms with van der Waals surface area (Å²) < 4.78 is 24.2. The molecular formula is C16H11ClFNO4. The van der Waals surface area contributed by atoms with Crippen molar-refractivity contribution in [2.24, 2.45) is 0 Å². The summed E-state index contributed by atoms with van der Waals surface area (Å²) in [6.45, 7) is 1.20. The Labute approximate surface area is 136 Å². The molecule has 0 bridgehead atoms. The molecule has 1 atom stereocenters. The Balaban J connectivity index is 2.12. The Kier molecular flexibility index (Phi) is 4.72. The summed E-state index contributed by atoms with van der Waals surface area (Å²) in [4.78, 5) is 10.9. The highest BCUT2D eigenvalue weighted by Gasteiger charge is 2.32. The first-order chi connectivity index (χ1) is 10.8. The molecule has 0 aromatic heterocycles. The molecule has 0 aliphatic carbocycles. The maximum atomic E-state index is 13.7. The molecule has 23 heavy (non-hydrogen) atoms. The Bertz CT molecular complexity index is 769. The molecule has 0 aliphatic heterocycles. The summed E-state index contributed by atoms with van der Waals surface area (Å²) in [5.74, 6) is -1.49. The van der Waals surface area contributed by atoms with Crippen LogP contribution in [-0.4, -0.2) is 16.1 Å². The highest BCUT2D eigenvalue weighted by molar-refractivity contribution is 6.32. The third-order valence-corrected chi connectivity index (χ3v) is 3.04. The lowest BCUT2D eigenvalue weighted by atomic mass is 10.2. The van der Waals surface area contributed by atoms with Crippen LogP contribution in [0.25, 0.3) is 0 Å².